The number of nitrogens with zero attached hydrogens (tertiary/aromatic N) is 1. The van der Waals surface area contributed by atoms with Crippen molar-refractivity contribution in [2.75, 3.05) is 6.54 Å². The van der Waals surface area contributed by atoms with Crippen molar-refractivity contribution < 1.29 is 9.59 Å². The molecule has 1 atom stereocenters. The summed E-state index contributed by atoms with van der Waals surface area (Å²) in [7, 11) is 0. The molecule has 0 spiro atoms. The van der Waals surface area contributed by atoms with Crippen LogP contribution >= 0.6 is 0 Å². The van der Waals surface area contributed by atoms with Crippen LogP contribution in [0, 0.1) is 0 Å². The Hall–Kier alpha value is -3.40. The molecule has 0 aliphatic rings. The molecule has 4 heteroatoms. The van der Waals surface area contributed by atoms with Crippen molar-refractivity contribution >= 4 is 11.8 Å². The summed E-state index contributed by atoms with van der Waals surface area (Å²) in [4.78, 5) is 27.6. The van der Waals surface area contributed by atoms with Gasteiger partial charge in [0.05, 0.1) is 12.5 Å². The topological polar surface area (TPSA) is 49.4 Å². The SMILES string of the molecule is CCN(Cc1ccccc1)C(=O)C[C@H](NC(=O)c1ccccc1)c1ccccc1. The van der Waals surface area contributed by atoms with Crippen molar-refractivity contribution in [3.63, 3.8) is 0 Å². The molecule has 2 amide bonds. The molecule has 0 unspecified atom stereocenters. The molecule has 0 aliphatic heterocycles. The molecule has 0 saturated heterocycles. The molecule has 3 aromatic rings. The first kappa shape index (κ1) is 20.3. The summed E-state index contributed by atoms with van der Waals surface area (Å²) in [6, 6.07) is 28.3. The highest BCUT2D eigenvalue weighted by molar-refractivity contribution is 5.94. The summed E-state index contributed by atoms with van der Waals surface area (Å²) in [5.74, 6) is -0.170. The third kappa shape index (κ3) is 5.79. The van der Waals surface area contributed by atoms with E-state index in [-0.39, 0.29) is 24.3 Å². The second-order valence-corrected chi connectivity index (χ2v) is 6.90. The van der Waals surface area contributed by atoms with E-state index in [9.17, 15) is 9.59 Å². The maximum Gasteiger partial charge on any atom is 0.251 e. The van der Waals surface area contributed by atoms with Crippen LogP contribution in [0.1, 0.15) is 40.9 Å². The van der Waals surface area contributed by atoms with Gasteiger partial charge in [-0.1, -0.05) is 78.9 Å². The summed E-state index contributed by atoms with van der Waals surface area (Å²) in [6.07, 6.45) is 0.212. The van der Waals surface area contributed by atoms with Crippen LogP contribution in [0.15, 0.2) is 91.0 Å². The number of rotatable bonds is 8. The quantitative estimate of drug-likeness (QED) is 0.615. The lowest BCUT2D eigenvalue weighted by molar-refractivity contribution is -0.132. The zero-order valence-corrected chi connectivity index (χ0v) is 16.6. The third-order valence-electron chi connectivity index (χ3n) is 4.87. The Kier molecular flexibility index (Phi) is 7.17. The fourth-order valence-electron chi connectivity index (χ4n) is 3.25. The maximum absolute atomic E-state index is 13.1. The highest BCUT2D eigenvalue weighted by Gasteiger charge is 2.22. The fraction of sp³-hybridized carbons (Fsp3) is 0.200. The first-order valence-electron chi connectivity index (χ1n) is 9.90. The van der Waals surface area contributed by atoms with Gasteiger partial charge in [0, 0.05) is 18.7 Å². The van der Waals surface area contributed by atoms with E-state index in [4.69, 9.17) is 0 Å². The molecule has 0 saturated carbocycles. The zero-order chi connectivity index (χ0) is 20.5. The van der Waals surface area contributed by atoms with Crippen LogP contribution in [-0.4, -0.2) is 23.3 Å². The molecule has 0 fully saturated rings. The summed E-state index contributed by atoms with van der Waals surface area (Å²) < 4.78 is 0. The van der Waals surface area contributed by atoms with Crippen LogP contribution in [0.3, 0.4) is 0 Å². The van der Waals surface area contributed by atoms with Gasteiger partial charge < -0.3 is 10.2 Å². The Morgan fingerprint density at radius 3 is 1.97 bits per heavy atom. The first-order chi connectivity index (χ1) is 14.2. The summed E-state index contributed by atoms with van der Waals surface area (Å²) in [5, 5.41) is 3.04. The molecule has 1 N–H and O–H groups in total. The Labute approximate surface area is 172 Å². The normalized spacial score (nSPS) is 11.5. The van der Waals surface area contributed by atoms with E-state index in [1.54, 1.807) is 12.1 Å². The molecule has 0 radical (unpaired) electrons. The zero-order valence-electron chi connectivity index (χ0n) is 16.6. The lowest BCUT2D eigenvalue weighted by atomic mass is 10.0. The Morgan fingerprint density at radius 2 is 1.38 bits per heavy atom. The predicted octanol–water partition coefficient (Wildman–Crippen LogP) is 4.60. The number of carbonyl (C=O) groups is 2. The van der Waals surface area contributed by atoms with Gasteiger partial charge >= 0.3 is 0 Å². The van der Waals surface area contributed by atoms with Crippen molar-refractivity contribution in [3.8, 4) is 0 Å². The maximum atomic E-state index is 13.1. The molecule has 0 aliphatic carbocycles. The van der Waals surface area contributed by atoms with Gasteiger partial charge in [0.25, 0.3) is 5.91 Å². The predicted molar refractivity (Wildman–Crippen MR) is 115 cm³/mol. The van der Waals surface area contributed by atoms with Crippen molar-refractivity contribution in [2.24, 2.45) is 0 Å². The van der Waals surface area contributed by atoms with Crippen molar-refractivity contribution in [1.29, 1.82) is 0 Å². The van der Waals surface area contributed by atoms with Crippen LogP contribution in [0.2, 0.25) is 0 Å². The number of hydrogen-bond donors (Lipinski definition) is 1. The number of nitrogens with one attached hydrogen (secondary N) is 1. The molecule has 148 valence electrons. The average Bonchev–Trinajstić information content (AvgIpc) is 2.78. The van der Waals surface area contributed by atoms with E-state index in [1.807, 2.05) is 90.7 Å². The van der Waals surface area contributed by atoms with E-state index in [1.165, 1.54) is 0 Å². The van der Waals surface area contributed by atoms with E-state index >= 15 is 0 Å². The molecule has 29 heavy (non-hydrogen) atoms. The molecule has 3 aromatic carbocycles. The van der Waals surface area contributed by atoms with E-state index in [2.05, 4.69) is 5.32 Å². The van der Waals surface area contributed by atoms with Gasteiger partial charge in [0.1, 0.15) is 0 Å². The summed E-state index contributed by atoms with van der Waals surface area (Å²) in [5.41, 5.74) is 2.59. The minimum atomic E-state index is -0.388. The smallest absolute Gasteiger partial charge is 0.251 e. The molecule has 3 rings (SSSR count). The Morgan fingerprint density at radius 1 is 0.828 bits per heavy atom. The Balaban J connectivity index is 1.75. The van der Waals surface area contributed by atoms with Gasteiger partial charge in [-0.3, -0.25) is 9.59 Å². The number of benzene rings is 3. The van der Waals surface area contributed by atoms with Crippen molar-refractivity contribution in [3.05, 3.63) is 108 Å². The van der Waals surface area contributed by atoms with E-state index < -0.39 is 0 Å². The fourth-order valence-corrected chi connectivity index (χ4v) is 3.25. The minimum Gasteiger partial charge on any atom is -0.345 e. The summed E-state index contributed by atoms with van der Waals surface area (Å²) in [6.45, 7) is 3.15. The van der Waals surface area contributed by atoms with Gasteiger partial charge in [0.2, 0.25) is 5.91 Å². The van der Waals surface area contributed by atoms with Gasteiger partial charge in [0.15, 0.2) is 0 Å². The Bertz CT molecular complexity index is 911. The van der Waals surface area contributed by atoms with Gasteiger partial charge in [-0.25, -0.2) is 0 Å². The number of hydrogen-bond acceptors (Lipinski definition) is 2. The highest BCUT2D eigenvalue weighted by atomic mass is 16.2. The summed E-state index contributed by atoms with van der Waals surface area (Å²) >= 11 is 0. The van der Waals surface area contributed by atoms with Crippen LogP contribution < -0.4 is 5.32 Å². The molecule has 0 heterocycles. The second-order valence-electron chi connectivity index (χ2n) is 6.90. The largest absolute Gasteiger partial charge is 0.345 e. The molecular weight excluding hydrogens is 360 g/mol. The highest BCUT2D eigenvalue weighted by Crippen LogP contribution is 2.19. The lowest BCUT2D eigenvalue weighted by Gasteiger charge is -2.25. The number of carbonyl (C=O) groups excluding carboxylic acids is 2. The average molecular weight is 386 g/mol. The first-order valence-corrected chi connectivity index (χ1v) is 9.90. The molecule has 0 aromatic heterocycles. The van der Waals surface area contributed by atoms with Gasteiger partial charge in [-0.15, -0.1) is 0 Å². The van der Waals surface area contributed by atoms with Crippen molar-refractivity contribution in [2.45, 2.75) is 25.9 Å². The van der Waals surface area contributed by atoms with Crippen LogP contribution in [0.25, 0.3) is 0 Å². The van der Waals surface area contributed by atoms with E-state index in [0.717, 1.165) is 11.1 Å². The monoisotopic (exact) mass is 386 g/mol. The molecular formula is C25H26N2O2. The standard InChI is InChI=1S/C25H26N2O2/c1-2-27(19-20-12-6-3-7-13-20)24(28)18-23(21-14-8-4-9-15-21)26-25(29)22-16-10-5-11-17-22/h3-17,23H,2,18-19H2,1H3,(H,26,29)/t23-/m0/s1. The third-order valence-corrected chi connectivity index (χ3v) is 4.87. The minimum absolute atomic E-state index is 0.0126. The van der Waals surface area contributed by atoms with Crippen molar-refractivity contribution in [1.82, 2.24) is 10.2 Å². The van der Waals surface area contributed by atoms with Crippen LogP contribution in [0.4, 0.5) is 0 Å². The lowest BCUT2D eigenvalue weighted by Crippen LogP contribution is -2.36. The second kappa shape index (κ2) is 10.2. The van der Waals surface area contributed by atoms with Gasteiger partial charge in [-0.2, -0.15) is 0 Å². The molecule has 4 nitrogen and oxygen atoms in total. The van der Waals surface area contributed by atoms with Gasteiger partial charge in [-0.05, 0) is 30.2 Å². The molecule has 0 bridgehead atoms. The number of amides is 2. The van der Waals surface area contributed by atoms with E-state index in [0.29, 0.717) is 18.7 Å². The van der Waals surface area contributed by atoms with Crippen LogP contribution in [-0.2, 0) is 11.3 Å². The van der Waals surface area contributed by atoms with Crippen LogP contribution in [0.5, 0.6) is 0 Å².